The minimum absolute atomic E-state index is 0.0280. The molecule has 0 bridgehead atoms. The minimum Gasteiger partial charge on any atom is -0.355 e. The Morgan fingerprint density at radius 3 is 2.50 bits per heavy atom. The lowest BCUT2D eigenvalue weighted by atomic mass is 10.1. The number of likely N-dealkylation sites (N-methyl/N-ethyl adjacent to an activating group) is 1. The van der Waals surface area contributed by atoms with Crippen LogP contribution in [-0.4, -0.2) is 49.8 Å². The van der Waals surface area contributed by atoms with Crippen molar-refractivity contribution in [1.82, 2.24) is 0 Å². The molecule has 166 valence electrons. The standard InChI is InChI=1S/C22H21Cl2N5O3/c1-14-17(22(30)28(25-14)16-4-5-18(23)19(24)13-16)11-15-3-6-20(21(12-15)29(31)32)27-9-7-26(2)8-10-27/h3-6,11-13H,7-10H2,1-2H3/p+1/b17-11+. The third kappa shape index (κ3) is 4.34. The average Bonchev–Trinajstić information content (AvgIpc) is 3.04. The molecule has 0 aliphatic carbocycles. The Bertz CT molecular complexity index is 1160. The van der Waals surface area contributed by atoms with Crippen LogP contribution in [0.1, 0.15) is 12.5 Å². The van der Waals surface area contributed by atoms with Gasteiger partial charge in [0.2, 0.25) is 0 Å². The Morgan fingerprint density at radius 1 is 1.12 bits per heavy atom. The summed E-state index contributed by atoms with van der Waals surface area (Å²) in [6.07, 6.45) is 1.63. The van der Waals surface area contributed by atoms with E-state index in [0.717, 1.165) is 26.2 Å². The normalized spacial score (nSPS) is 18.4. The van der Waals surface area contributed by atoms with Gasteiger partial charge in [-0.3, -0.25) is 14.9 Å². The number of piperazine rings is 1. The average molecular weight is 475 g/mol. The fraction of sp³-hybridized carbons (Fsp3) is 0.273. The van der Waals surface area contributed by atoms with Gasteiger partial charge in [-0.15, -0.1) is 0 Å². The summed E-state index contributed by atoms with van der Waals surface area (Å²) in [5.74, 6) is -0.338. The maximum Gasteiger partial charge on any atom is 0.293 e. The number of nitrogens with zero attached hydrogens (tertiary/aromatic N) is 4. The molecule has 0 radical (unpaired) electrons. The lowest BCUT2D eigenvalue weighted by Crippen LogP contribution is -3.12. The van der Waals surface area contributed by atoms with Crippen LogP contribution in [0.4, 0.5) is 17.1 Å². The van der Waals surface area contributed by atoms with Gasteiger partial charge in [-0.1, -0.05) is 29.3 Å². The highest BCUT2D eigenvalue weighted by Crippen LogP contribution is 2.33. The summed E-state index contributed by atoms with van der Waals surface area (Å²) < 4.78 is 0. The number of carbonyl (C=O) groups excluding carboxylic acids is 1. The van der Waals surface area contributed by atoms with Gasteiger partial charge in [-0.25, -0.2) is 0 Å². The number of quaternary nitrogens is 1. The van der Waals surface area contributed by atoms with E-state index in [-0.39, 0.29) is 16.5 Å². The van der Waals surface area contributed by atoms with Crippen LogP contribution in [0.15, 0.2) is 47.1 Å². The van der Waals surface area contributed by atoms with Gasteiger partial charge in [0.15, 0.2) is 0 Å². The molecular formula is C22H22Cl2N5O3+. The molecule has 2 aromatic carbocycles. The van der Waals surface area contributed by atoms with E-state index >= 15 is 0 Å². The molecule has 10 heteroatoms. The summed E-state index contributed by atoms with van der Waals surface area (Å²) in [5.41, 5.74) is 2.56. The monoisotopic (exact) mass is 474 g/mol. The molecule has 1 saturated heterocycles. The SMILES string of the molecule is CC1=NN(c2ccc(Cl)c(Cl)c2)C(=O)/C1=C/c1ccc(N2CC[NH+](C)CC2)c([N+](=O)[O-])c1. The number of hydrogen-bond donors (Lipinski definition) is 1. The maximum absolute atomic E-state index is 13.0. The summed E-state index contributed by atoms with van der Waals surface area (Å²) in [5, 5.41) is 18.1. The second-order valence-electron chi connectivity index (χ2n) is 7.91. The predicted octanol–water partition coefficient (Wildman–Crippen LogP) is 3.04. The number of hydrazone groups is 1. The first kappa shape index (κ1) is 22.3. The van der Waals surface area contributed by atoms with E-state index in [9.17, 15) is 14.9 Å². The van der Waals surface area contributed by atoms with Crippen molar-refractivity contribution in [3.05, 3.63) is 67.7 Å². The Balaban J connectivity index is 1.64. The molecule has 2 aromatic rings. The topological polar surface area (TPSA) is 83.5 Å². The summed E-state index contributed by atoms with van der Waals surface area (Å²) in [4.78, 5) is 27.9. The quantitative estimate of drug-likeness (QED) is 0.419. The highest BCUT2D eigenvalue weighted by atomic mass is 35.5. The van der Waals surface area contributed by atoms with Crippen LogP contribution in [-0.2, 0) is 4.79 Å². The molecule has 2 aliphatic heterocycles. The molecule has 2 aliphatic rings. The van der Waals surface area contributed by atoms with Crippen molar-refractivity contribution in [2.24, 2.45) is 5.10 Å². The van der Waals surface area contributed by atoms with E-state index in [4.69, 9.17) is 23.2 Å². The number of halogens is 2. The lowest BCUT2D eigenvalue weighted by molar-refractivity contribution is -0.880. The molecule has 2 heterocycles. The van der Waals surface area contributed by atoms with Gasteiger partial charge in [0, 0.05) is 6.07 Å². The zero-order valence-corrected chi connectivity index (χ0v) is 19.2. The van der Waals surface area contributed by atoms with Gasteiger partial charge >= 0.3 is 0 Å². The number of nitro groups is 1. The second-order valence-corrected chi connectivity index (χ2v) is 8.72. The van der Waals surface area contributed by atoms with Crippen LogP contribution in [0.5, 0.6) is 0 Å². The number of nitrogens with one attached hydrogen (secondary N) is 1. The molecule has 8 nitrogen and oxygen atoms in total. The van der Waals surface area contributed by atoms with Crippen molar-refractivity contribution >= 4 is 58.0 Å². The van der Waals surface area contributed by atoms with Crippen molar-refractivity contribution in [2.75, 3.05) is 43.1 Å². The summed E-state index contributed by atoms with van der Waals surface area (Å²) in [7, 11) is 2.12. The van der Waals surface area contributed by atoms with Gasteiger partial charge in [0.25, 0.3) is 11.6 Å². The summed E-state index contributed by atoms with van der Waals surface area (Å²) in [6.45, 7) is 5.10. The van der Waals surface area contributed by atoms with E-state index in [1.54, 1.807) is 43.3 Å². The van der Waals surface area contributed by atoms with E-state index in [2.05, 4.69) is 12.1 Å². The van der Waals surface area contributed by atoms with E-state index < -0.39 is 0 Å². The molecule has 1 N–H and O–H groups in total. The Kier molecular flexibility index (Phi) is 6.19. The molecule has 0 unspecified atom stereocenters. The predicted molar refractivity (Wildman–Crippen MR) is 127 cm³/mol. The number of anilines is 2. The number of carbonyl (C=O) groups is 1. The molecule has 0 atom stereocenters. The van der Waals surface area contributed by atoms with Crippen LogP contribution < -0.4 is 14.8 Å². The van der Waals surface area contributed by atoms with E-state index in [0.29, 0.717) is 38.3 Å². The second kappa shape index (κ2) is 8.90. The molecule has 0 saturated carbocycles. The number of nitro benzene ring substituents is 1. The summed E-state index contributed by atoms with van der Waals surface area (Å²) in [6, 6.07) is 9.88. The van der Waals surface area contributed by atoms with Gasteiger partial charge in [-0.05, 0) is 42.8 Å². The van der Waals surface area contributed by atoms with Gasteiger partial charge in [0.1, 0.15) is 5.69 Å². The Hall–Kier alpha value is -2.94. The highest BCUT2D eigenvalue weighted by Gasteiger charge is 2.30. The van der Waals surface area contributed by atoms with Gasteiger partial charge in [0.05, 0.1) is 65.2 Å². The van der Waals surface area contributed by atoms with Crippen LogP contribution in [0, 0.1) is 10.1 Å². The molecule has 0 spiro atoms. The third-order valence-corrected chi connectivity index (χ3v) is 6.41. The van der Waals surface area contributed by atoms with Crippen LogP contribution in [0.3, 0.4) is 0 Å². The zero-order valence-electron chi connectivity index (χ0n) is 17.6. The van der Waals surface area contributed by atoms with Crippen molar-refractivity contribution in [1.29, 1.82) is 0 Å². The summed E-state index contributed by atoms with van der Waals surface area (Å²) >= 11 is 12.0. The smallest absolute Gasteiger partial charge is 0.293 e. The molecule has 1 amide bonds. The lowest BCUT2D eigenvalue weighted by Gasteiger charge is -2.31. The van der Waals surface area contributed by atoms with Crippen molar-refractivity contribution < 1.29 is 14.6 Å². The largest absolute Gasteiger partial charge is 0.355 e. The first-order chi connectivity index (χ1) is 15.2. The number of amides is 1. The number of hydrogen-bond acceptors (Lipinski definition) is 5. The van der Waals surface area contributed by atoms with Gasteiger partial charge in [-0.2, -0.15) is 10.1 Å². The third-order valence-electron chi connectivity index (χ3n) is 5.68. The van der Waals surface area contributed by atoms with Crippen molar-refractivity contribution in [3.63, 3.8) is 0 Å². The first-order valence-electron chi connectivity index (χ1n) is 10.2. The highest BCUT2D eigenvalue weighted by molar-refractivity contribution is 6.42. The fourth-order valence-corrected chi connectivity index (χ4v) is 4.11. The van der Waals surface area contributed by atoms with Crippen molar-refractivity contribution in [2.45, 2.75) is 6.92 Å². The van der Waals surface area contributed by atoms with Crippen molar-refractivity contribution in [3.8, 4) is 0 Å². The maximum atomic E-state index is 13.0. The number of rotatable bonds is 4. The molecular weight excluding hydrogens is 453 g/mol. The fourth-order valence-electron chi connectivity index (χ4n) is 3.82. The van der Waals surface area contributed by atoms with Crippen LogP contribution in [0.25, 0.3) is 6.08 Å². The first-order valence-corrected chi connectivity index (χ1v) is 10.9. The van der Waals surface area contributed by atoms with E-state index in [1.165, 1.54) is 16.0 Å². The van der Waals surface area contributed by atoms with E-state index in [1.807, 2.05) is 4.90 Å². The molecule has 1 fully saturated rings. The number of benzene rings is 2. The van der Waals surface area contributed by atoms with Crippen LogP contribution >= 0.6 is 23.2 Å². The molecule has 4 rings (SSSR count). The van der Waals surface area contributed by atoms with Crippen LogP contribution in [0.2, 0.25) is 10.0 Å². The molecule has 32 heavy (non-hydrogen) atoms. The van der Waals surface area contributed by atoms with Gasteiger partial charge < -0.3 is 9.80 Å². The molecule has 0 aromatic heterocycles. The Labute approximate surface area is 195 Å². The minimum atomic E-state index is -0.373. The Morgan fingerprint density at radius 2 is 1.84 bits per heavy atom. The zero-order chi connectivity index (χ0) is 23.0.